The van der Waals surface area contributed by atoms with E-state index in [4.69, 9.17) is 9.15 Å². The van der Waals surface area contributed by atoms with Crippen LogP contribution in [0.1, 0.15) is 41.1 Å². The predicted octanol–water partition coefficient (Wildman–Crippen LogP) is 3.26. The van der Waals surface area contributed by atoms with Crippen LogP contribution in [0.25, 0.3) is 11.0 Å². The van der Waals surface area contributed by atoms with E-state index in [1.165, 1.54) is 10.6 Å². The summed E-state index contributed by atoms with van der Waals surface area (Å²) in [5.74, 6) is 1.39. The van der Waals surface area contributed by atoms with Gasteiger partial charge in [-0.05, 0) is 43.7 Å². The van der Waals surface area contributed by atoms with Crippen molar-refractivity contribution >= 4 is 26.8 Å². The second-order valence-electron chi connectivity index (χ2n) is 9.32. The summed E-state index contributed by atoms with van der Waals surface area (Å²) in [6.07, 6.45) is 1.25. The number of ketones is 1. The summed E-state index contributed by atoms with van der Waals surface area (Å²) in [6.45, 7) is 7.75. The molecule has 5 rings (SSSR count). The van der Waals surface area contributed by atoms with Crippen molar-refractivity contribution in [1.29, 1.82) is 0 Å². The molecule has 0 atom stereocenters. The lowest BCUT2D eigenvalue weighted by molar-refractivity contribution is 0.102. The molecule has 3 aromatic rings. The van der Waals surface area contributed by atoms with Gasteiger partial charge in [-0.3, -0.25) is 9.69 Å². The van der Waals surface area contributed by atoms with Crippen LogP contribution in [0, 0.1) is 0 Å². The van der Waals surface area contributed by atoms with E-state index in [-0.39, 0.29) is 5.78 Å². The molecule has 7 nitrogen and oxygen atoms in total. The maximum atomic E-state index is 13.3. The fourth-order valence-electron chi connectivity index (χ4n) is 4.87. The third kappa shape index (κ3) is 3.86. The van der Waals surface area contributed by atoms with Gasteiger partial charge in [-0.1, -0.05) is 18.2 Å². The number of ether oxygens (including phenoxy) is 1. The van der Waals surface area contributed by atoms with Crippen LogP contribution in [0.4, 0.5) is 0 Å². The summed E-state index contributed by atoms with van der Waals surface area (Å²) in [7, 11) is -3.13. The maximum Gasteiger partial charge on any atom is 0.211 e. The van der Waals surface area contributed by atoms with Gasteiger partial charge in [0, 0.05) is 49.1 Å². The van der Waals surface area contributed by atoms with Crippen LogP contribution in [-0.4, -0.2) is 69.0 Å². The molecule has 0 amide bonds. The topological polar surface area (TPSA) is 80.1 Å². The Bertz CT molecular complexity index is 1330. The monoisotopic (exact) mass is 468 g/mol. The van der Waals surface area contributed by atoms with Crippen LogP contribution in [0.15, 0.2) is 46.9 Å². The summed E-state index contributed by atoms with van der Waals surface area (Å²) >= 11 is 0. The van der Waals surface area contributed by atoms with Gasteiger partial charge in [-0.25, -0.2) is 8.42 Å². The van der Waals surface area contributed by atoms with Crippen molar-refractivity contribution in [3.8, 4) is 5.75 Å². The minimum Gasteiger partial charge on any atom is -0.492 e. The van der Waals surface area contributed by atoms with E-state index in [9.17, 15) is 13.2 Å². The molecule has 2 heterocycles. The highest BCUT2D eigenvalue weighted by molar-refractivity contribution is 7.88. The number of carbonyl (C=O) groups excluding carboxylic acids is 1. The zero-order chi connectivity index (χ0) is 23.4. The van der Waals surface area contributed by atoms with Crippen molar-refractivity contribution in [2.24, 2.45) is 0 Å². The van der Waals surface area contributed by atoms with Crippen LogP contribution >= 0.6 is 0 Å². The average molecular weight is 469 g/mol. The molecule has 1 saturated heterocycles. The third-order valence-electron chi connectivity index (χ3n) is 6.78. The van der Waals surface area contributed by atoms with Crippen LogP contribution in [0.5, 0.6) is 5.75 Å². The Kier molecular flexibility index (Phi) is 5.34. The van der Waals surface area contributed by atoms with Gasteiger partial charge in [0.1, 0.15) is 23.7 Å². The van der Waals surface area contributed by atoms with Crippen LogP contribution in [0.2, 0.25) is 0 Å². The number of hydrogen-bond acceptors (Lipinski definition) is 6. The number of carbonyl (C=O) groups is 1. The smallest absolute Gasteiger partial charge is 0.211 e. The lowest BCUT2D eigenvalue weighted by atomic mass is 9.72. The quantitative estimate of drug-likeness (QED) is 0.572. The standard InChI is InChI=1S/C25H28N2O5S/c1-25(2)20-16-17(31-15-14-26-10-12-27(13-11-26)33(3,29)30)8-9-18(20)23(28)22-19-6-4-5-7-21(19)32-24(22)25/h4-9,16H,10-15H2,1-3H3. The van der Waals surface area contributed by atoms with Gasteiger partial charge in [0.15, 0.2) is 5.78 Å². The molecule has 1 aliphatic heterocycles. The van der Waals surface area contributed by atoms with E-state index in [2.05, 4.69) is 18.7 Å². The van der Waals surface area contributed by atoms with Crippen molar-refractivity contribution in [2.45, 2.75) is 19.3 Å². The number of sulfonamides is 1. The van der Waals surface area contributed by atoms with Crippen molar-refractivity contribution in [2.75, 3.05) is 45.6 Å². The number of furan rings is 1. The normalized spacial score (nSPS) is 18.8. The minimum atomic E-state index is -3.13. The summed E-state index contributed by atoms with van der Waals surface area (Å²) in [5, 5.41) is 0.854. The van der Waals surface area contributed by atoms with Crippen LogP contribution in [-0.2, 0) is 15.4 Å². The Morgan fingerprint density at radius 1 is 1.06 bits per heavy atom. The number of benzene rings is 2. The number of para-hydroxylation sites is 1. The molecule has 174 valence electrons. The highest BCUT2D eigenvalue weighted by Crippen LogP contribution is 2.46. The molecule has 0 unspecified atom stereocenters. The highest BCUT2D eigenvalue weighted by atomic mass is 32.2. The van der Waals surface area contributed by atoms with Crippen molar-refractivity contribution < 1.29 is 22.4 Å². The van der Waals surface area contributed by atoms with Gasteiger partial charge in [-0.2, -0.15) is 4.31 Å². The first kappa shape index (κ1) is 22.1. The van der Waals surface area contributed by atoms with E-state index >= 15 is 0 Å². The van der Waals surface area contributed by atoms with Gasteiger partial charge in [0.25, 0.3) is 0 Å². The summed E-state index contributed by atoms with van der Waals surface area (Å²) in [6, 6.07) is 13.3. The Morgan fingerprint density at radius 2 is 1.79 bits per heavy atom. The van der Waals surface area contributed by atoms with E-state index < -0.39 is 15.4 Å². The van der Waals surface area contributed by atoms with E-state index in [1.807, 2.05) is 42.5 Å². The Hall–Kier alpha value is -2.68. The zero-order valence-electron chi connectivity index (χ0n) is 19.1. The van der Waals surface area contributed by atoms with Gasteiger partial charge < -0.3 is 9.15 Å². The molecule has 0 bridgehead atoms. The number of rotatable bonds is 5. The molecule has 1 aromatic heterocycles. The molecule has 8 heteroatoms. The molecular formula is C25H28N2O5S. The van der Waals surface area contributed by atoms with Crippen molar-refractivity contribution in [3.05, 3.63) is 64.9 Å². The third-order valence-corrected chi connectivity index (χ3v) is 8.08. The molecule has 2 aliphatic rings. The van der Waals surface area contributed by atoms with Gasteiger partial charge >= 0.3 is 0 Å². The van der Waals surface area contributed by atoms with Gasteiger partial charge in [0.05, 0.1) is 11.8 Å². The largest absolute Gasteiger partial charge is 0.492 e. The molecule has 1 aliphatic carbocycles. The summed E-state index contributed by atoms with van der Waals surface area (Å²) < 4.78 is 37.0. The SMILES string of the molecule is CC1(C)c2cc(OCCN3CCN(S(C)(=O)=O)CC3)ccc2C(=O)c2c1oc1ccccc21. The van der Waals surface area contributed by atoms with Crippen molar-refractivity contribution in [3.63, 3.8) is 0 Å². The van der Waals surface area contributed by atoms with Crippen LogP contribution < -0.4 is 4.74 Å². The number of nitrogens with zero attached hydrogens (tertiary/aromatic N) is 2. The number of piperazine rings is 1. The first-order chi connectivity index (χ1) is 15.7. The average Bonchev–Trinajstić information content (AvgIpc) is 3.19. The lowest BCUT2D eigenvalue weighted by Gasteiger charge is -2.33. The second-order valence-corrected chi connectivity index (χ2v) is 11.3. The Labute approximate surface area is 194 Å². The molecule has 0 spiro atoms. The summed E-state index contributed by atoms with van der Waals surface area (Å²) in [5.41, 5.74) is 2.50. The lowest BCUT2D eigenvalue weighted by Crippen LogP contribution is -2.49. The first-order valence-electron chi connectivity index (χ1n) is 11.2. The molecule has 0 N–H and O–H groups in total. The Morgan fingerprint density at radius 3 is 2.52 bits per heavy atom. The van der Waals surface area contributed by atoms with E-state index in [0.717, 1.165) is 16.5 Å². The molecular weight excluding hydrogens is 440 g/mol. The van der Waals surface area contributed by atoms with Crippen LogP contribution in [0.3, 0.4) is 0 Å². The highest BCUT2D eigenvalue weighted by Gasteiger charge is 2.41. The molecule has 1 fully saturated rings. The predicted molar refractivity (Wildman–Crippen MR) is 127 cm³/mol. The molecule has 0 radical (unpaired) electrons. The summed E-state index contributed by atoms with van der Waals surface area (Å²) in [4.78, 5) is 15.5. The van der Waals surface area contributed by atoms with Gasteiger partial charge in [-0.15, -0.1) is 0 Å². The minimum absolute atomic E-state index is 0.0143. The van der Waals surface area contributed by atoms with Crippen molar-refractivity contribution in [1.82, 2.24) is 9.21 Å². The first-order valence-corrected chi connectivity index (χ1v) is 13.0. The molecule has 33 heavy (non-hydrogen) atoms. The zero-order valence-corrected chi connectivity index (χ0v) is 19.9. The van der Waals surface area contributed by atoms with E-state index in [1.54, 1.807) is 0 Å². The second kappa shape index (κ2) is 7.97. The number of hydrogen-bond donors (Lipinski definition) is 0. The van der Waals surface area contributed by atoms with E-state index in [0.29, 0.717) is 62.0 Å². The molecule has 0 saturated carbocycles. The molecule has 2 aromatic carbocycles. The fourth-order valence-corrected chi connectivity index (χ4v) is 5.70. The fraction of sp³-hybridized carbons (Fsp3) is 0.400. The maximum absolute atomic E-state index is 13.3. The van der Waals surface area contributed by atoms with Gasteiger partial charge in [0.2, 0.25) is 10.0 Å². The number of fused-ring (bicyclic) bond motifs is 4. The Balaban J connectivity index is 1.31.